The zero-order chi connectivity index (χ0) is 57.2. The van der Waals surface area contributed by atoms with Gasteiger partial charge in [0.1, 0.15) is 0 Å². The van der Waals surface area contributed by atoms with Gasteiger partial charge in [0, 0.05) is 0 Å². The summed E-state index contributed by atoms with van der Waals surface area (Å²) in [6, 6.07) is 13.4. The molecule has 0 fully saturated rings. The number of hydrogen-bond donors (Lipinski definition) is 4. The van der Waals surface area contributed by atoms with Crippen molar-refractivity contribution in [2.24, 2.45) is 0 Å². The fraction of sp³-hybridized carbons (Fsp3) is 0.533. The topological polar surface area (TPSA) is 241 Å². The number of rotatable bonds is 4. The molecule has 4 aromatic carbocycles. The molecule has 0 bridgehead atoms. The van der Waals surface area contributed by atoms with Crippen molar-refractivity contribution in [2.45, 2.75) is 209 Å². The molecule has 0 heterocycles. The van der Waals surface area contributed by atoms with Crippen LogP contribution in [0.25, 0.3) is 0 Å². The maximum atomic E-state index is 12.2. The van der Waals surface area contributed by atoms with E-state index in [4.69, 9.17) is 20.4 Å². The number of hydrogen-bond acceptors (Lipinski definition) is 8. The summed E-state index contributed by atoms with van der Waals surface area (Å²) in [5.41, 5.74) is 3.07. The molecule has 12 nitrogen and oxygen atoms in total. The van der Waals surface area contributed by atoms with Crippen molar-refractivity contribution in [1.29, 1.82) is 0 Å². The van der Waals surface area contributed by atoms with Crippen LogP contribution in [0, 0.1) is 0 Å². The monoisotopic (exact) mass is 1090 g/mol. The summed E-state index contributed by atoms with van der Waals surface area (Å²) in [4.78, 5) is 44.7. The van der Waals surface area contributed by atoms with Gasteiger partial charge in [-0.1, -0.05) is 213 Å². The predicted molar refractivity (Wildman–Crippen MR) is 281 cm³/mol. The van der Waals surface area contributed by atoms with Crippen molar-refractivity contribution < 1.29 is 81.1 Å². The van der Waals surface area contributed by atoms with Crippen LogP contribution in [0.2, 0.25) is 0 Å². The molecule has 0 atom stereocenters. The molecule has 4 N–H and O–H groups in total. The van der Waals surface area contributed by atoms with Crippen LogP contribution in [-0.2, 0) is 64.4 Å². The van der Waals surface area contributed by atoms with Gasteiger partial charge in [0.25, 0.3) is 0 Å². The zero-order valence-corrected chi connectivity index (χ0v) is 50.1. The molecule has 0 aromatic heterocycles. The largest absolute Gasteiger partial charge is 4.00 e. The second kappa shape index (κ2) is 23.5. The van der Waals surface area contributed by atoms with E-state index in [9.17, 15) is 39.6 Å². The minimum absolute atomic E-state index is 0. The first-order chi connectivity index (χ1) is 31.8. The first-order valence-corrected chi connectivity index (χ1v) is 24.1. The Morgan fingerprint density at radius 1 is 0.274 bits per heavy atom. The summed E-state index contributed by atoms with van der Waals surface area (Å²) in [6.07, 6.45) is 0. The SMILES string of the molecule is CC(C)(C)c1cc(C(=O)O)c([O-])c(C(C)(C)C)c1.CC(C)(C)c1cc(C(=O)O)c([O-])c(C(C)(C)C)c1.CC(C)(C)c1cc(C(=O)O)c([O-])c(C(C)(C)C)c1.CC(C)(C)c1cc(C(=O)O)c([O-])c(C(C)(C)C)c1.[Mo+4]. The van der Waals surface area contributed by atoms with E-state index in [1.54, 1.807) is 0 Å². The van der Waals surface area contributed by atoms with Crippen molar-refractivity contribution in [3.05, 3.63) is 115 Å². The average Bonchev–Trinajstić information content (AvgIpc) is 3.14. The number of carbonyl (C=O) groups is 4. The Kier molecular flexibility index (Phi) is 21.7. The molecule has 0 aliphatic rings. The van der Waals surface area contributed by atoms with Crippen LogP contribution in [0.1, 0.15) is 252 Å². The van der Waals surface area contributed by atoms with Crippen LogP contribution in [0.4, 0.5) is 0 Å². The second-order valence-electron chi connectivity index (χ2n) is 26.8. The molecule has 4 rings (SSSR count). The maximum Gasteiger partial charge on any atom is 4.00 e. The van der Waals surface area contributed by atoms with Gasteiger partial charge in [0.15, 0.2) is 0 Å². The molecule has 0 aliphatic carbocycles. The molecule has 73 heavy (non-hydrogen) atoms. The summed E-state index contributed by atoms with van der Waals surface area (Å²) in [5.74, 6) is -6.11. The number of aromatic carboxylic acids is 4. The molecular weight excluding hydrogens is 1010 g/mol. The van der Waals surface area contributed by atoms with Crippen LogP contribution in [0.15, 0.2) is 48.5 Å². The van der Waals surface area contributed by atoms with E-state index < -0.39 is 23.9 Å². The van der Waals surface area contributed by atoms with Crippen LogP contribution < -0.4 is 20.4 Å². The standard InChI is InChI=1S/4C15H22O3.Mo/c4*1-14(2,3)9-7-10(13(17)18)12(16)11(8-9)15(4,5)6;/h4*7-8,16H,1-6H3,(H,17,18);/q;;;;+4/p-4. The molecular formula is C60H84MoO12. The molecule has 0 amide bonds. The van der Waals surface area contributed by atoms with Gasteiger partial charge in [-0.05, 0) is 112 Å². The third kappa shape index (κ3) is 18.5. The Balaban J connectivity index is 0.000000943. The van der Waals surface area contributed by atoms with E-state index in [-0.39, 0.29) is 110 Å². The van der Waals surface area contributed by atoms with E-state index in [0.717, 1.165) is 22.3 Å². The molecule has 0 aliphatic heterocycles. The van der Waals surface area contributed by atoms with Gasteiger partial charge >= 0.3 is 44.9 Å². The van der Waals surface area contributed by atoms with Gasteiger partial charge in [-0.2, -0.15) is 0 Å². The molecule has 402 valence electrons. The van der Waals surface area contributed by atoms with Gasteiger partial charge in [-0.25, -0.2) is 19.2 Å². The normalized spacial score (nSPS) is 12.4. The summed E-state index contributed by atoms with van der Waals surface area (Å²) in [7, 11) is 0. The average molecular weight is 1090 g/mol. The molecule has 0 radical (unpaired) electrons. The van der Waals surface area contributed by atoms with E-state index in [2.05, 4.69) is 0 Å². The van der Waals surface area contributed by atoms with Crippen LogP contribution >= 0.6 is 0 Å². The summed E-state index contributed by atoms with van der Waals surface area (Å²) >= 11 is 0. The Hall–Kier alpha value is -5.35. The Morgan fingerprint density at radius 2 is 0.397 bits per heavy atom. The number of carboxylic acids is 4. The van der Waals surface area contributed by atoms with Crippen molar-refractivity contribution in [3.8, 4) is 23.0 Å². The molecule has 0 spiro atoms. The molecule has 13 heteroatoms. The maximum absolute atomic E-state index is 12.2. The Labute approximate surface area is 450 Å². The van der Waals surface area contributed by atoms with Gasteiger partial charge in [0.05, 0.1) is 22.3 Å². The summed E-state index contributed by atoms with van der Waals surface area (Å²) in [6.45, 7) is 47.1. The van der Waals surface area contributed by atoms with Crippen molar-refractivity contribution in [1.82, 2.24) is 0 Å². The van der Waals surface area contributed by atoms with E-state index in [0.29, 0.717) is 22.3 Å². The quantitative estimate of drug-likeness (QED) is 0.140. The zero-order valence-electron chi connectivity index (χ0n) is 48.1. The summed E-state index contributed by atoms with van der Waals surface area (Å²) < 4.78 is 0. The number of benzene rings is 4. The minimum atomic E-state index is -1.16. The van der Waals surface area contributed by atoms with Crippen LogP contribution in [0.3, 0.4) is 0 Å². The van der Waals surface area contributed by atoms with Gasteiger partial charge in [0.2, 0.25) is 0 Å². The van der Waals surface area contributed by atoms with Gasteiger partial charge in [-0.15, -0.1) is 0 Å². The van der Waals surface area contributed by atoms with Crippen molar-refractivity contribution >= 4 is 23.9 Å². The predicted octanol–water partition coefficient (Wildman–Crippen LogP) is 12.2. The van der Waals surface area contributed by atoms with E-state index in [1.165, 1.54) is 24.3 Å². The van der Waals surface area contributed by atoms with Gasteiger partial charge in [-0.3, -0.25) is 0 Å². The number of carboxylic acid groups (broad SMARTS) is 4. The smallest absolute Gasteiger partial charge is 0.872 e. The third-order valence-corrected chi connectivity index (χ3v) is 12.0. The second-order valence-corrected chi connectivity index (χ2v) is 26.8. The summed E-state index contributed by atoms with van der Waals surface area (Å²) in [5, 5.41) is 85.2. The van der Waals surface area contributed by atoms with Crippen molar-refractivity contribution in [3.63, 3.8) is 0 Å². The van der Waals surface area contributed by atoms with Crippen LogP contribution in [0.5, 0.6) is 23.0 Å². The Bertz CT molecular complexity index is 2270. The van der Waals surface area contributed by atoms with Gasteiger partial charge < -0.3 is 40.9 Å². The third-order valence-electron chi connectivity index (χ3n) is 12.0. The van der Waals surface area contributed by atoms with E-state index >= 15 is 0 Å². The van der Waals surface area contributed by atoms with E-state index in [1.807, 2.05) is 190 Å². The fourth-order valence-electron chi connectivity index (χ4n) is 7.11. The molecule has 0 unspecified atom stereocenters. The van der Waals surface area contributed by atoms with Crippen LogP contribution in [-0.4, -0.2) is 44.3 Å². The molecule has 0 saturated carbocycles. The fourth-order valence-corrected chi connectivity index (χ4v) is 7.11. The first kappa shape index (κ1) is 67.6. The minimum Gasteiger partial charge on any atom is -0.872 e. The molecule has 4 aromatic rings. The molecule has 0 saturated heterocycles. The Morgan fingerprint density at radius 3 is 0.479 bits per heavy atom. The van der Waals surface area contributed by atoms with Crippen molar-refractivity contribution in [2.75, 3.05) is 0 Å². The first-order valence-electron chi connectivity index (χ1n) is 24.1.